The molecule has 6 nitrogen and oxygen atoms in total. The van der Waals surface area contributed by atoms with Crippen LogP contribution in [0.3, 0.4) is 0 Å². The highest BCUT2D eigenvalue weighted by atomic mass is 32.1. The molecule has 0 saturated carbocycles. The summed E-state index contributed by atoms with van der Waals surface area (Å²) in [7, 11) is 0. The van der Waals surface area contributed by atoms with Crippen molar-refractivity contribution in [2.45, 2.75) is 40.0 Å². The van der Waals surface area contributed by atoms with Gasteiger partial charge in [-0.25, -0.2) is 9.97 Å². The van der Waals surface area contributed by atoms with Crippen molar-refractivity contribution in [2.24, 2.45) is 5.92 Å². The Balaban J connectivity index is 1.88. The molecule has 29 heavy (non-hydrogen) atoms. The van der Waals surface area contributed by atoms with Gasteiger partial charge >= 0.3 is 0 Å². The Morgan fingerprint density at radius 3 is 2.93 bits per heavy atom. The van der Waals surface area contributed by atoms with Gasteiger partial charge in [0.15, 0.2) is 5.82 Å². The number of carbonyl (C=O) groups is 1. The molecule has 3 aromatic rings. The lowest BCUT2D eigenvalue weighted by atomic mass is 9.89. The first-order valence-electron chi connectivity index (χ1n) is 10.3. The molecule has 3 aromatic heterocycles. The Morgan fingerprint density at radius 2 is 2.21 bits per heavy atom. The monoisotopic (exact) mass is 409 g/mol. The molecule has 0 spiro atoms. The minimum absolute atomic E-state index is 0.0155. The number of likely N-dealkylation sites (N-methyl/N-ethyl adjacent to an activating group) is 2. The summed E-state index contributed by atoms with van der Waals surface area (Å²) in [6, 6.07) is 3.88. The third kappa shape index (κ3) is 3.96. The van der Waals surface area contributed by atoms with Crippen LogP contribution in [0.15, 0.2) is 24.5 Å². The van der Waals surface area contributed by atoms with Gasteiger partial charge in [-0.2, -0.15) is 0 Å². The summed E-state index contributed by atoms with van der Waals surface area (Å²) in [5.74, 6) is 2.25. The summed E-state index contributed by atoms with van der Waals surface area (Å²) >= 11 is 1.78. The van der Waals surface area contributed by atoms with E-state index >= 15 is 0 Å². The summed E-state index contributed by atoms with van der Waals surface area (Å²) < 4.78 is 0. The van der Waals surface area contributed by atoms with Gasteiger partial charge in [-0.3, -0.25) is 9.78 Å². The van der Waals surface area contributed by atoms with Crippen molar-refractivity contribution in [3.63, 3.8) is 0 Å². The average Bonchev–Trinajstić information content (AvgIpc) is 3.09. The molecule has 1 amide bonds. The average molecular weight is 410 g/mol. The van der Waals surface area contributed by atoms with Crippen LogP contribution in [0.1, 0.15) is 37.6 Å². The molecule has 0 aromatic carbocycles. The van der Waals surface area contributed by atoms with Crippen LogP contribution in [0.5, 0.6) is 0 Å². The summed E-state index contributed by atoms with van der Waals surface area (Å²) in [6.07, 6.45) is 6.88. The number of amides is 1. The van der Waals surface area contributed by atoms with E-state index in [0.29, 0.717) is 31.4 Å². The lowest BCUT2D eigenvalue weighted by Crippen LogP contribution is -2.37. The molecule has 152 valence electrons. The Bertz CT molecular complexity index is 1020. The van der Waals surface area contributed by atoms with E-state index in [2.05, 4.69) is 29.0 Å². The number of hydrogen-bond donors (Lipinski definition) is 1. The molecule has 0 radical (unpaired) electrons. The van der Waals surface area contributed by atoms with E-state index < -0.39 is 0 Å². The minimum atomic E-state index is 0.0155. The van der Waals surface area contributed by atoms with Gasteiger partial charge < -0.3 is 10.2 Å². The summed E-state index contributed by atoms with van der Waals surface area (Å²) in [5, 5.41) is 4.04. The maximum atomic E-state index is 12.3. The van der Waals surface area contributed by atoms with Crippen LogP contribution >= 0.6 is 11.3 Å². The topological polar surface area (TPSA) is 71.0 Å². The number of anilines is 1. The van der Waals surface area contributed by atoms with Crippen LogP contribution in [0.4, 0.5) is 5.82 Å². The maximum Gasteiger partial charge on any atom is 0.239 e. The van der Waals surface area contributed by atoms with Crippen molar-refractivity contribution in [2.75, 3.05) is 24.5 Å². The molecule has 0 saturated heterocycles. The molecule has 0 fully saturated rings. The SMILES string of the molecule is CCNC(=O)CN(CC)c1nc(-c2cccnc2)nc2sc3c(c12)CC[C@@H](C)C3. The molecule has 4 rings (SSSR count). The summed E-state index contributed by atoms with van der Waals surface area (Å²) in [6.45, 7) is 7.95. The Morgan fingerprint density at radius 1 is 1.34 bits per heavy atom. The number of hydrogen-bond acceptors (Lipinski definition) is 6. The second-order valence-electron chi connectivity index (χ2n) is 7.61. The van der Waals surface area contributed by atoms with E-state index in [4.69, 9.17) is 9.97 Å². The molecule has 0 aliphatic heterocycles. The van der Waals surface area contributed by atoms with E-state index in [1.807, 2.05) is 19.1 Å². The van der Waals surface area contributed by atoms with Crippen molar-refractivity contribution in [3.05, 3.63) is 35.0 Å². The fraction of sp³-hybridized carbons (Fsp3) is 0.455. The molecule has 3 heterocycles. The van der Waals surface area contributed by atoms with Gasteiger partial charge in [-0.05, 0) is 56.7 Å². The zero-order chi connectivity index (χ0) is 20.4. The molecule has 0 unspecified atom stereocenters. The van der Waals surface area contributed by atoms with Crippen LogP contribution in [-0.2, 0) is 17.6 Å². The number of rotatable bonds is 6. The van der Waals surface area contributed by atoms with Crippen molar-refractivity contribution in [1.29, 1.82) is 0 Å². The number of aryl methyl sites for hydroxylation is 1. The first kappa shape index (κ1) is 19.8. The van der Waals surface area contributed by atoms with E-state index in [-0.39, 0.29) is 5.91 Å². The number of pyridine rings is 1. The molecular weight excluding hydrogens is 382 g/mol. The van der Waals surface area contributed by atoms with Gasteiger partial charge in [0.1, 0.15) is 10.6 Å². The highest BCUT2D eigenvalue weighted by Crippen LogP contribution is 2.41. The van der Waals surface area contributed by atoms with Gasteiger partial charge in [-0.1, -0.05) is 6.92 Å². The van der Waals surface area contributed by atoms with Crippen molar-refractivity contribution in [3.8, 4) is 11.4 Å². The molecule has 1 N–H and O–H groups in total. The largest absolute Gasteiger partial charge is 0.355 e. The molecule has 1 atom stereocenters. The highest BCUT2D eigenvalue weighted by Gasteiger charge is 2.26. The zero-order valence-corrected chi connectivity index (χ0v) is 18.1. The predicted molar refractivity (Wildman–Crippen MR) is 118 cm³/mol. The molecule has 0 bridgehead atoms. The van der Waals surface area contributed by atoms with Gasteiger partial charge in [0.2, 0.25) is 5.91 Å². The second-order valence-corrected chi connectivity index (χ2v) is 8.70. The van der Waals surface area contributed by atoms with Crippen molar-refractivity contribution < 1.29 is 4.79 Å². The number of carbonyl (C=O) groups excluding carboxylic acids is 1. The van der Waals surface area contributed by atoms with Gasteiger partial charge in [-0.15, -0.1) is 11.3 Å². The molecule has 7 heteroatoms. The molecule has 1 aliphatic carbocycles. The summed E-state index contributed by atoms with van der Waals surface area (Å²) in [5.41, 5.74) is 2.27. The first-order chi connectivity index (χ1) is 14.1. The fourth-order valence-electron chi connectivity index (χ4n) is 3.94. The van der Waals surface area contributed by atoms with E-state index in [9.17, 15) is 4.79 Å². The Labute approximate surface area is 175 Å². The number of aromatic nitrogens is 3. The van der Waals surface area contributed by atoms with Crippen LogP contribution in [0.2, 0.25) is 0 Å². The quantitative estimate of drug-likeness (QED) is 0.670. The van der Waals surface area contributed by atoms with Crippen molar-refractivity contribution in [1.82, 2.24) is 20.3 Å². The van der Waals surface area contributed by atoms with E-state index in [0.717, 1.165) is 34.4 Å². The number of thiophene rings is 1. The summed E-state index contributed by atoms with van der Waals surface area (Å²) in [4.78, 5) is 30.9. The Hall–Kier alpha value is -2.54. The highest BCUT2D eigenvalue weighted by molar-refractivity contribution is 7.19. The van der Waals surface area contributed by atoms with E-state index in [1.165, 1.54) is 16.9 Å². The maximum absolute atomic E-state index is 12.3. The van der Waals surface area contributed by atoms with Gasteiger partial charge in [0.25, 0.3) is 0 Å². The fourth-order valence-corrected chi connectivity index (χ4v) is 5.32. The lowest BCUT2D eigenvalue weighted by molar-refractivity contribution is -0.119. The lowest BCUT2D eigenvalue weighted by Gasteiger charge is -2.24. The number of fused-ring (bicyclic) bond motifs is 3. The van der Waals surface area contributed by atoms with Crippen LogP contribution in [0, 0.1) is 5.92 Å². The number of nitrogens with zero attached hydrogens (tertiary/aromatic N) is 4. The van der Waals surface area contributed by atoms with E-state index in [1.54, 1.807) is 23.7 Å². The van der Waals surface area contributed by atoms with Gasteiger partial charge in [0.05, 0.1) is 11.9 Å². The molecule has 1 aliphatic rings. The van der Waals surface area contributed by atoms with Gasteiger partial charge in [0, 0.05) is 35.9 Å². The third-order valence-corrected chi connectivity index (χ3v) is 6.59. The molecular formula is C22H27N5OS. The normalized spacial score (nSPS) is 15.9. The standard InChI is InChI=1S/C22H27N5OS/c1-4-24-18(28)13-27(5-2)21-19-16-9-8-14(3)11-17(16)29-22(19)26-20(25-21)15-7-6-10-23-12-15/h6-7,10,12,14H,4-5,8-9,11,13H2,1-3H3,(H,24,28)/t14-/m1/s1. The zero-order valence-electron chi connectivity index (χ0n) is 17.2. The third-order valence-electron chi connectivity index (χ3n) is 5.45. The first-order valence-corrected chi connectivity index (χ1v) is 11.2. The minimum Gasteiger partial charge on any atom is -0.355 e. The van der Waals surface area contributed by atoms with Crippen LogP contribution in [0.25, 0.3) is 21.6 Å². The van der Waals surface area contributed by atoms with Crippen LogP contribution in [-0.4, -0.2) is 40.5 Å². The second kappa shape index (κ2) is 8.45. The van der Waals surface area contributed by atoms with Crippen molar-refractivity contribution >= 4 is 33.3 Å². The Kier molecular flexibility index (Phi) is 5.76. The van der Waals surface area contributed by atoms with Crippen LogP contribution < -0.4 is 10.2 Å². The number of nitrogens with one attached hydrogen (secondary N) is 1. The predicted octanol–water partition coefficient (Wildman–Crippen LogP) is 3.84. The smallest absolute Gasteiger partial charge is 0.239 e.